The smallest absolute Gasteiger partial charge is 0.319 e. The molecular weight excluding hydrogens is 458 g/mol. The highest BCUT2D eigenvalue weighted by Gasteiger charge is 2.62. The Hall–Kier alpha value is -2.29. The van der Waals surface area contributed by atoms with Crippen molar-refractivity contribution in [3.05, 3.63) is 70.6 Å². The normalized spacial score (nSPS) is 23.2. The van der Waals surface area contributed by atoms with Gasteiger partial charge in [0, 0.05) is 12.3 Å². The van der Waals surface area contributed by atoms with Gasteiger partial charge in [-0.25, -0.2) is 8.42 Å². The molecule has 8 heteroatoms. The lowest BCUT2D eigenvalue weighted by Crippen LogP contribution is -2.44. The van der Waals surface area contributed by atoms with Crippen molar-refractivity contribution in [1.82, 2.24) is 4.31 Å². The molecule has 0 aromatic heterocycles. The minimum Gasteiger partial charge on any atom is -0.497 e. The molecule has 1 fully saturated rings. The van der Waals surface area contributed by atoms with Crippen molar-refractivity contribution < 1.29 is 22.7 Å². The Balaban J connectivity index is 1.88. The number of aryl methyl sites for hydroxylation is 1. The van der Waals surface area contributed by atoms with Gasteiger partial charge in [0.15, 0.2) is 0 Å². The third kappa shape index (κ3) is 4.20. The summed E-state index contributed by atoms with van der Waals surface area (Å²) in [4.78, 5) is 13.9. The molecule has 2 aliphatic heterocycles. The SMILES string of the molecule is COc1ccc([C@H]2N(S(=O)(=O)c3ccc(C)cc3)CC3=CSC[C@]32C(=O)OC(C)(C)C)cc1. The van der Waals surface area contributed by atoms with Crippen molar-refractivity contribution in [2.75, 3.05) is 19.4 Å². The summed E-state index contributed by atoms with van der Waals surface area (Å²) in [5.41, 5.74) is 0.687. The molecule has 33 heavy (non-hydrogen) atoms. The van der Waals surface area contributed by atoms with E-state index in [0.717, 1.165) is 16.7 Å². The number of rotatable bonds is 5. The summed E-state index contributed by atoms with van der Waals surface area (Å²) in [5.74, 6) is 0.690. The van der Waals surface area contributed by atoms with Crippen LogP contribution in [0.3, 0.4) is 0 Å². The molecule has 1 saturated heterocycles. The third-order valence-electron chi connectivity index (χ3n) is 6.01. The van der Waals surface area contributed by atoms with Gasteiger partial charge in [0.1, 0.15) is 16.8 Å². The molecule has 0 radical (unpaired) electrons. The van der Waals surface area contributed by atoms with E-state index < -0.39 is 33.1 Å². The number of methoxy groups -OCH3 is 1. The van der Waals surface area contributed by atoms with Crippen LogP contribution in [0.15, 0.2) is 64.4 Å². The second-order valence-corrected chi connectivity index (χ2v) is 12.2. The number of fused-ring (bicyclic) bond motifs is 1. The predicted octanol–water partition coefficient (Wildman–Crippen LogP) is 4.71. The van der Waals surface area contributed by atoms with Crippen LogP contribution in [-0.4, -0.2) is 43.7 Å². The number of ether oxygens (including phenoxy) is 2. The number of sulfonamides is 1. The summed E-state index contributed by atoms with van der Waals surface area (Å²) in [7, 11) is -2.30. The molecule has 176 valence electrons. The van der Waals surface area contributed by atoms with Gasteiger partial charge in [-0.05, 0) is 68.5 Å². The highest BCUT2D eigenvalue weighted by Crippen LogP contribution is 2.58. The minimum absolute atomic E-state index is 0.138. The average molecular weight is 488 g/mol. The first-order valence-corrected chi connectivity index (χ1v) is 13.2. The highest BCUT2D eigenvalue weighted by atomic mass is 32.2. The van der Waals surface area contributed by atoms with Crippen molar-refractivity contribution in [2.24, 2.45) is 5.41 Å². The van der Waals surface area contributed by atoms with E-state index in [-0.39, 0.29) is 11.4 Å². The van der Waals surface area contributed by atoms with Crippen LogP contribution >= 0.6 is 11.8 Å². The van der Waals surface area contributed by atoms with E-state index >= 15 is 0 Å². The van der Waals surface area contributed by atoms with Crippen LogP contribution in [-0.2, 0) is 19.6 Å². The van der Waals surface area contributed by atoms with E-state index in [4.69, 9.17) is 9.47 Å². The van der Waals surface area contributed by atoms with Crippen molar-refractivity contribution >= 4 is 27.8 Å². The monoisotopic (exact) mass is 487 g/mol. The average Bonchev–Trinajstić information content (AvgIpc) is 3.31. The number of benzene rings is 2. The molecule has 0 saturated carbocycles. The Morgan fingerprint density at radius 3 is 2.30 bits per heavy atom. The van der Waals surface area contributed by atoms with Gasteiger partial charge < -0.3 is 9.47 Å². The largest absolute Gasteiger partial charge is 0.497 e. The lowest BCUT2D eigenvalue weighted by Gasteiger charge is -2.36. The second-order valence-electron chi connectivity index (χ2n) is 9.47. The summed E-state index contributed by atoms with van der Waals surface area (Å²) in [6.45, 7) is 7.52. The second kappa shape index (κ2) is 8.49. The maximum Gasteiger partial charge on any atom is 0.319 e. The molecule has 2 aliphatic rings. The van der Waals surface area contributed by atoms with E-state index in [1.54, 1.807) is 43.5 Å². The summed E-state index contributed by atoms with van der Waals surface area (Å²) in [6.07, 6.45) is 0. The van der Waals surface area contributed by atoms with Crippen LogP contribution in [0.2, 0.25) is 0 Å². The molecule has 2 heterocycles. The molecule has 0 N–H and O–H groups in total. The topological polar surface area (TPSA) is 72.9 Å². The maximum atomic E-state index is 13.8. The zero-order valence-corrected chi connectivity index (χ0v) is 21.1. The van der Waals surface area contributed by atoms with E-state index in [2.05, 4.69) is 0 Å². The van der Waals surface area contributed by atoms with E-state index in [0.29, 0.717) is 11.5 Å². The van der Waals surface area contributed by atoms with Crippen LogP contribution in [0.25, 0.3) is 0 Å². The van der Waals surface area contributed by atoms with Crippen LogP contribution in [0.1, 0.15) is 37.9 Å². The predicted molar refractivity (Wildman–Crippen MR) is 130 cm³/mol. The summed E-state index contributed by atoms with van der Waals surface area (Å²) in [6, 6.07) is 13.3. The van der Waals surface area contributed by atoms with Gasteiger partial charge in [-0.3, -0.25) is 4.79 Å². The molecule has 6 nitrogen and oxygen atoms in total. The van der Waals surface area contributed by atoms with Crippen molar-refractivity contribution in [2.45, 2.75) is 44.2 Å². The van der Waals surface area contributed by atoms with Gasteiger partial charge in [-0.1, -0.05) is 29.8 Å². The zero-order valence-electron chi connectivity index (χ0n) is 19.5. The van der Waals surface area contributed by atoms with Gasteiger partial charge in [-0.2, -0.15) is 4.31 Å². The number of esters is 1. The Morgan fingerprint density at radius 2 is 1.73 bits per heavy atom. The van der Waals surface area contributed by atoms with Crippen molar-refractivity contribution in [3.8, 4) is 5.75 Å². The molecule has 0 spiro atoms. The van der Waals surface area contributed by atoms with Crippen LogP contribution in [0, 0.1) is 12.3 Å². The first-order chi connectivity index (χ1) is 15.5. The van der Waals surface area contributed by atoms with Gasteiger partial charge in [-0.15, -0.1) is 11.8 Å². The molecule has 2 aromatic carbocycles. The number of hydrogen-bond donors (Lipinski definition) is 0. The standard InChI is InChI=1S/C25H29NO5S2/c1-17-6-12-21(13-7-17)33(28,29)26-14-19-15-32-16-25(19,23(27)31-24(2,3)4)22(26)18-8-10-20(30-5)11-9-18/h6-13,15,22H,14,16H2,1-5H3/t22-,25+/m1/s1. The third-order valence-corrected chi connectivity index (χ3v) is 8.91. The van der Waals surface area contributed by atoms with Crippen molar-refractivity contribution in [3.63, 3.8) is 0 Å². The lowest BCUT2D eigenvalue weighted by atomic mass is 9.76. The van der Waals surface area contributed by atoms with Crippen LogP contribution in [0.4, 0.5) is 0 Å². The van der Waals surface area contributed by atoms with E-state index in [1.807, 2.05) is 45.2 Å². The molecular formula is C25H29NO5S2. The summed E-state index contributed by atoms with van der Waals surface area (Å²) in [5, 5.41) is 1.92. The quantitative estimate of drug-likeness (QED) is 0.569. The lowest BCUT2D eigenvalue weighted by molar-refractivity contribution is -0.165. The molecule has 0 amide bonds. The van der Waals surface area contributed by atoms with Gasteiger partial charge in [0.2, 0.25) is 10.0 Å². The van der Waals surface area contributed by atoms with Gasteiger partial charge >= 0.3 is 5.97 Å². The first kappa shape index (κ1) is 23.9. The maximum absolute atomic E-state index is 13.8. The van der Waals surface area contributed by atoms with E-state index in [9.17, 15) is 13.2 Å². The Morgan fingerprint density at radius 1 is 1.09 bits per heavy atom. The zero-order chi connectivity index (χ0) is 24.0. The van der Waals surface area contributed by atoms with Gasteiger partial charge in [0.25, 0.3) is 0 Å². The molecule has 2 aromatic rings. The molecule has 4 rings (SSSR count). The fourth-order valence-electron chi connectivity index (χ4n) is 4.39. The Labute approximate surface area is 200 Å². The summed E-state index contributed by atoms with van der Waals surface area (Å²) >= 11 is 1.53. The fourth-order valence-corrected chi connectivity index (χ4v) is 7.32. The Bertz CT molecular complexity index is 1180. The molecule has 0 bridgehead atoms. The number of carbonyl (C=O) groups is 1. The van der Waals surface area contributed by atoms with Crippen molar-refractivity contribution in [1.29, 1.82) is 0 Å². The molecule has 0 unspecified atom stereocenters. The number of hydrogen-bond acceptors (Lipinski definition) is 6. The Kier molecular flexibility index (Phi) is 6.14. The fraction of sp³-hybridized carbons (Fsp3) is 0.400. The molecule has 0 aliphatic carbocycles. The van der Waals surface area contributed by atoms with Crippen LogP contribution < -0.4 is 4.74 Å². The summed E-state index contributed by atoms with van der Waals surface area (Å²) < 4.78 is 40.3. The minimum atomic E-state index is -3.88. The van der Waals surface area contributed by atoms with Gasteiger partial charge in [0.05, 0.1) is 18.0 Å². The van der Waals surface area contributed by atoms with E-state index in [1.165, 1.54) is 16.1 Å². The number of thioether (sulfide) groups is 1. The first-order valence-electron chi connectivity index (χ1n) is 10.8. The number of nitrogens with zero attached hydrogens (tertiary/aromatic N) is 1. The van der Waals surface area contributed by atoms with Crippen LogP contribution in [0.5, 0.6) is 5.75 Å². The number of carbonyl (C=O) groups excluding carboxylic acids is 1. The molecule has 2 atom stereocenters. The highest BCUT2D eigenvalue weighted by molar-refractivity contribution is 8.02.